The van der Waals surface area contributed by atoms with E-state index in [4.69, 9.17) is 9.47 Å². The first-order valence-electron chi connectivity index (χ1n) is 11.8. The monoisotopic (exact) mass is 445 g/mol. The van der Waals surface area contributed by atoms with E-state index in [1.54, 1.807) is 0 Å². The van der Waals surface area contributed by atoms with Crippen molar-refractivity contribution in [3.63, 3.8) is 0 Å². The standard InChI is InChI=1S/C29H35NO3/c1-28(2)19-29(3,4)33-27-23(18-30(5)24-13-14-24)15-22(16-25(27)28)12-9-20-7-10-21(11-8-20)17-26(31)32-6/h7-8,10-11,15-16,24H,13-14,17-19H2,1-6H3. The van der Waals surface area contributed by atoms with Crippen LogP contribution in [0, 0.1) is 11.8 Å². The van der Waals surface area contributed by atoms with E-state index in [1.807, 2.05) is 24.3 Å². The van der Waals surface area contributed by atoms with Crippen LogP contribution in [0.1, 0.15) is 74.8 Å². The molecule has 0 aromatic heterocycles. The first kappa shape index (κ1) is 23.4. The van der Waals surface area contributed by atoms with Crippen molar-refractivity contribution < 1.29 is 14.3 Å². The number of esters is 1. The van der Waals surface area contributed by atoms with Crippen LogP contribution in [-0.4, -0.2) is 36.7 Å². The van der Waals surface area contributed by atoms with Gasteiger partial charge in [0.1, 0.15) is 11.4 Å². The van der Waals surface area contributed by atoms with Crippen LogP contribution in [0.25, 0.3) is 0 Å². The van der Waals surface area contributed by atoms with Gasteiger partial charge in [-0.1, -0.05) is 37.8 Å². The molecule has 33 heavy (non-hydrogen) atoms. The molecule has 0 spiro atoms. The number of carbonyl (C=O) groups is 1. The molecule has 1 saturated carbocycles. The molecular weight excluding hydrogens is 410 g/mol. The third kappa shape index (κ3) is 5.60. The van der Waals surface area contributed by atoms with E-state index in [-0.39, 0.29) is 23.4 Å². The first-order chi connectivity index (χ1) is 15.6. The molecule has 0 bridgehead atoms. The van der Waals surface area contributed by atoms with Crippen LogP contribution < -0.4 is 4.74 Å². The molecular formula is C29H35NO3. The predicted molar refractivity (Wildman–Crippen MR) is 131 cm³/mol. The fourth-order valence-electron chi connectivity index (χ4n) is 4.98. The zero-order valence-corrected chi connectivity index (χ0v) is 20.7. The van der Waals surface area contributed by atoms with Crippen molar-refractivity contribution in [2.75, 3.05) is 14.2 Å². The van der Waals surface area contributed by atoms with Gasteiger partial charge >= 0.3 is 5.97 Å². The normalized spacial score (nSPS) is 18.0. The summed E-state index contributed by atoms with van der Waals surface area (Å²) in [7, 11) is 3.61. The lowest BCUT2D eigenvalue weighted by atomic mass is 9.72. The van der Waals surface area contributed by atoms with Crippen LogP contribution in [-0.2, 0) is 27.9 Å². The minimum atomic E-state index is -0.236. The minimum absolute atomic E-state index is 0.0111. The topological polar surface area (TPSA) is 38.8 Å². The average Bonchev–Trinajstić information content (AvgIpc) is 3.58. The highest BCUT2D eigenvalue weighted by Crippen LogP contribution is 2.47. The summed E-state index contributed by atoms with van der Waals surface area (Å²) in [5.41, 5.74) is 5.16. The molecule has 0 N–H and O–H groups in total. The number of methoxy groups -OCH3 is 1. The third-order valence-electron chi connectivity index (χ3n) is 6.61. The molecule has 0 amide bonds. The minimum Gasteiger partial charge on any atom is -0.487 e. The van der Waals surface area contributed by atoms with Crippen LogP contribution in [0.2, 0.25) is 0 Å². The van der Waals surface area contributed by atoms with Gasteiger partial charge in [-0.05, 0) is 75.4 Å². The number of hydrogen-bond donors (Lipinski definition) is 0. The van der Waals surface area contributed by atoms with Gasteiger partial charge in [0.2, 0.25) is 0 Å². The van der Waals surface area contributed by atoms with Gasteiger partial charge in [0, 0.05) is 34.8 Å². The summed E-state index contributed by atoms with van der Waals surface area (Å²) < 4.78 is 11.3. The van der Waals surface area contributed by atoms with Crippen molar-refractivity contribution in [1.82, 2.24) is 4.90 Å². The molecule has 0 radical (unpaired) electrons. The Hall–Kier alpha value is -2.77. The van der Waals surface area contributed by atoms with Crippen LogP contribution in [0.15, 0.2) is 36.4 Å². The number of nitrogens with zero attached hydrogens (tertiary/aromatic N) is 1. The molecule has 0 saturated heterocycles. The zero-order chi connectivity index (χ0) is 23.8. The van der Waals surface area contributed by atoms with E-state index in [9.17, 15) is 4.79 Å². The van der Waals surface area contributed by atoms with Gasteiger partial charge in [-0.15, -0.1) is 0 Å². The summed E-state index contributed by atoms with van der Waals surface area (Å²) in [6.07, 6.45) is 3.80. The van der Waals surface area contributed by atoms with Gasteiger partial charge in [0.25, 0.3) is 0 Å². The fourth-order valence-corrected chi connectivity index (χ4v) is 4.98. The SMILES string of the molecule is COC(=O)Cc1ccc(C#Cc2cc(CN(C)C3CC3)c3c(c2)C(C)(C)CC(C)(C)O3)cc1. The molecule has 1 aliphatic carbocycles. The quantitative estimate of drug-likeness (QED) is 0.466. The van der Waals surface area contributed by atoms with Gasteiger partial charge in [-0.25, -0.2) is 0 Å². The number of benzene rings is 2. The predicted octanol–water partition coefficient (Wildman–Crippen LogP) is 5.23. The van der Waals surface area contributed by atoms with Crippen molar-refractivity contribution in [2.24, 2.45) is 0 Å². The maximum atomic E-state index is 11.5. The number of ether oxygens (including phenoxy) is 2. The van der Waals surface area contributed by atoms with E-state index >= 15 is 0 Å². The molecule has 2 aromatic rings. The lowest BCUT2D eigenvalue weighted by Gasteiger charge is -2.43. The number of fused-ring (bicyclic) bond motifs is 1. The summed E-state index contributed by atoms with van der Waals surface area (Å²) in [5, 5.41) is 0. The maximum Gasteiger partial charge on any atom is 0.309 e. The number of rotatable bonds is 5. The summed E-state index contributed by atoms with van der Waals surface area (Å²) in [4.78, 5) is 13.9. The largest absolute Gasteiger partial charge is 0.487 e. The van der Waals surface area contributed by atoms with Gasteiger partial charge < -0.3 is 9.47 Å². The fraction of sp³-hybridized carbons (Fsp3) is 0.483. The zero-order valence-electron chi connectivity index (χ0n) is 20.7. The second kappa shape index (κ2) is 8.88. The van der Waals surface area contributed by atoms with E-state index in [0.29, 0.717) is 6.04 Å². The Bertz CT molecular complexity index is 1100. The highest BCUT2D eigenvalue weighted by atomic mass is 16.5. The Morgan fingerprint density at radius 1 is 1.09 bits per heavy atom. The third-order valence-corrected chi connectivity index (χ3v) is 6.61. The van der Waals surface area contributed by atoms with Crippen molar-refractivity contribution in [3.05, 3.63) is 64.2 Å². The highest BCUT2D eigenvalue weighted by molar-refractivity contribution is 5.72. The molecule has 0 atom stereocenters. The van der Waals surface area contributed by atoms with Crippen molar-refractivity contribution in [2.45, 2.75) is 77.0 Å². The van der Waals surface area contributed by atoms with Gasteiger partial charge in [0.15, 0.2) is 0 Å². The average molecular weight is 446 g/mol. The second-order valence-corrected chi connectivity index (χ2v) is 10.8. The molecule has 2 aromatic carbocycles. The Morgan fingerprint density at radius 3 is 2.39 bits per heavy atom. The molecule has 0 unspecified atom stereocenters. The van der Waals surface area contributed by atoms with Crippen molar-refractivity contribution in [3.8, 4) is 17.6 Å². The summed E-state index contributed by atoms with van der Waals surface area (Å²) in [5.74, 6) is 7.49. The molecule has 1 aliphatic heterocycles. The smallest absolute Gasteiger partial charge is 0.309 e. The van der Waals surface area contributed by atoms with Crippen molar-refractivity contribution in [1.29, 1.82) is 0 Å². The molecule has 4 heteroatoms. The highest BCUT2D eigenvalue weighted by Gasteiger charge is 2.40. The van der Waals surface area contributed by atoms with Crippen LogP contribution in [0.4, 0.5) is 0 Å². The number of hydrogen-bond acceptors (Lipinski definition) is 4. The molecule has 174 valence electrons. The summed E-state index contributed by atoms with van der Waals surface area (Å²) >= 11 is 0. The van der Waals surface area contributed by atoms with E-state index in [1.165, 1.54) is 31.1 Å². The van der Waals surface area contributed by atoms with Crippen molar-refractivity contribution >= 4 is 5.97 Å². The molecule has 4 nitrogen and oxygen atoms in total. The Labute approximate surface area is 198 Å². The Kier molecular flexibility index (Phi) is 6.29. The van der Waals surface area contributed by atoms with Crippen LogP contribution >= 0.6 is 0 Å². The molecule has 2 aliphatic rings. The van der Waals surface area contributed by atoms with Gasteiger partial charge in [-0.2, -0.15) is 0 Å². The summed E-state index contributed by atoms with van der Waals surface area (Å²) in [6.45, 7) is 9.85. The summed E-state index contributed by atoms with van der Waals surface area (Å²) in [6, 6.07) is 12.9. The van der Waals surface area contributed by atoms with Crippen LogP contribution in [0.3, 0.4) is 0 Å². The van der Waals surface area contributed by atoms with E-state index in [0.717, 1.165) is 35.4 Å². The second-order valence-electron chi connectivity index (χ2n) is 10.8. The first-order valence-corrected chi connectivity index (χ1v) is 11.8. The van der Waals surface area contributed by atoms with Crippen LogP contribution in [0.5, 0.6) is 5.75 Å². The van der Waals surface area contributed by atoms with E-state index in [2.05, 4.69) is 63.6 Å². The van der Waals surface area contributed by atoms with Gasteiger partial charge in [0.05, 0.1) is 13.5 Å². The lowest BCUT2D eigenvalue weighted by Crippen LogP contribution is -2.42. The van der Waals surface area contributed by atoms with Gasteiger partial charge in [-0.3, -0.25) is 9.69 Å². The number of carbonyl (C=O) groups excluding carboxylic acids is 1. The van der Waals surface area contributed by atoms with E-state index < -0.39 is 0 Å². The lowest BCUT2D eigenvalue weighted by molar-refractivity contribution is -0.139. The molecule has 1 heterocycles. The Morgan fingerprint density at radius 2 is 1.76 bits per heavy atom. The maximum absolute atomic E-state index is 11.5. The molecule has 1 fully saturated rings. The Balaban J connectivity index is 1.66. The molecule has 4 rings (SSSR count).